The summed E-state index contributed by atoms with van der Waals surface area (Å²) < 4.78 is 1.12. The fourth-order valence-electron chi connectivity index (χ4n) is 6.62. The van der Waals surface area contributed by atoms with Gasteiger partial charge in [0.1, 0.15) is 0 Å². The Balaban J connectivity index is 1.68. The molecule has 3 saturated heterocycles. The number of hydrogen-bond acceptors (Lipinski definition) is 2. The molecule has 0 amide bonds. The van der Waals surface area contributed by atoms with Gasteiger partial charge in [-0.15, -0.1) is 0 Å². The average Bonchev–Trinajstić information content (AvgIpc) is 2.94. The van der Waals surface area contributed by atoms with Crippen molar-refractivity contribution in [3.8, 4) is 0 Å². The summed E-state index contributed by atoms with van der Waals surface area (Å²) in [4.78, 5) is 0. The Hall–Kier alpha value is -1.06. The van der Waals surface area contributed by atoms with Gasteiger partial charge in [0.05, 0.1) is 19.6 Å². The first-order valence-electron chi connectivity index (χ1n) is 9.05. The van der Waals surface area contributed by atoms with E-state index in [1.165, 1.54) is 44.5 Å². The van der Waals surface area contributed by atoms with Gasteiger partial charge in [-0.05, 0) is 31.7 Å². The SMILES string of the molecule is CC[C@]12CCC[N@@+]3(CC[C@]4(O)c5ccccc5N[C@@]43CC1)C2. The van der Waals surface area contributed by atoms with Gasteiger partial charge in [-0.3, -0.25) is 4.48 Å². The molecule has 0 aromatic heterocycles. The lowest BCUT2D eigenvalue weighted by atomic mass is 9.65. The molecule has 5 rings (SSSR count). The molecule has 1 aromatic carbocycles. The number of quaternary nitrogens is 1. The molecule has 0 aliphatic carbocycles. The molecule has 2 spiro atoms. The Morgan fingerprint density at radius 3 is 2.86 bits per heavy atom. The summed E-state index contributed by atoms with van der Waals surface area (Å²) in [6.07, 6.45) is 7.32. The van der Waals surface area contributed by atoms with Crippen molar-refractivity contribution in [3.63, 3.8) is 0 Å². The Bertz CT molecular complexity index is 646. The average molecular weight is 299 g/mol. The van der Waals surface area contributed by atoms with E-state index < -0.39 is 5.60 Å². The number of rotatable bonds is 1. The number of aliphatic hydroxyl groups is 1. The molecular weight excluding hydrogens is 272 g/mol. The third kappa shape index (κ3) is 1.25. The van der Waals surface area contributed by atoms with Gasteiger partial charge in [-0.1, -0.05) is 25.1 Å². The van der Waals surface area contributed by atoms with Gasteiger partial charge in [0.2, 0.25) is 5.66 Å². The Morgan fingerprint density at radius 1 is 1.14 bits per heavy atom. The fraction of sp³-hybridized carbons (Fsp3) is 0.684. The number of hydrogen-bond donors (Lipinski definition) is 2. The third-order valence-electron chi connectivity index (χ3n) is 7.81. The van der Waals surface area contributed by atoms with Crippen LogP contribution < -0.4 is 5.32 Å². The molecule has 4 heterocycles. The highest BCUT2D eigenvalue weighted by molar-refractivity contribution is 5.63. The quantitative estimate of drug-likeness (QED) is 0.781. The van der Waals surface area contributed by atoms with Crippen LogP contribution in [0.3, 0.4) is 0 Å². The summed E-state index contributed by atoms with van der Waals surface area (Å²) in [5.74, 6) is 0. The highest BCUT2D eigenvalue weighted by Gasteiger charge is 2.76. The van der Waals surface area contributed by atoms with E-state index in [1.54, 1.807) is 0 Å². The summed E-state index contributed by atoms with van der Waals surface area (Å²) in [6.45, 7) is 6.02. The van der Waals surface area contributed by atoms with Crippen LogP contribution in [0.25, 0.3) is 0 Å². The summed E-state index contributed by atoms with van der Waals surface area (Å²) in [6, 6.07) is 8.47. The van der Waals surface area contributed by atoms with E-state index in [0.29, 0.717) is 5.41 Å². The topological polar surface area (TPSA) is 32.3 Å². The molecule has 4 aliphatic rings. The van der Waals surface area contributed by atoms with Crippen molar-refractivity contribution >= 4 is 5.69 Å². The monoisotopic (exact) mass is 299 g/mol. The summed E-state index contributed by atoms with van der Waals surface area (Å²) >= 11 is 0. The van der Waals surface area contributed by atoms with Crippen molar-refractivity contribution in [2.75, 3.05) is 25.0 Å². The van der Waals surface area contributed by atoms with E-state index in [-0.39, 0.29) is 5.66 Å². The van der Waals surface area contributed by atoms with E-state index in [9.17, 15) is 5.11 Å². The molecule has 118 valence electrons. The van der Waals surface area contributed by atoms with Crippen molar-refractivity contribution in [2.45, 2.75) is 56.7 Å². The van der Waals surface area contributed by atoms with Gasteiger partial charge < -0.3 is 10.4 Å². The highest BCUT2D eigenvalue weighted by atomic mass is 16.3. The van der Waals surface area contributed by atoms with E-state index in [2.05, 4.69) is 36.5 Å². The molecular formula is C19H27N2O+. The molecule has 0 unspecified atom stereocenters. The van der Waals surface area contributed by atoms with E-state index >= 15 is 0 Å². The normalized spacial score (nSPS) is 48.3. The Labute approximate surface area is 132 Å². The molecule has 3 nitrogen and oxygen atoms in total. The molecule has 1 aromatic rings. The smallest absolute Gasteiger partial charge is 0.206 e. The van der Waals surface area contributed by atoms with Crippen molar-refractivity contribution in [1.82, 2.24) is 0 Å². The van der Waals surface area contributed by atoms with Crippen LogP contribution in [-0.4, -0.2) is 34.9 Å². The molecule has 22 heavy (non-hydrogen) atoms. The minimum atomic E-state index is -0.666. The first kappa shape index (κ1) is 13.4. The highest BCUT2D eigenvalue weighted by Crippen LogP contribution is 2.64. The molecule has 4 atom stereocenters. The minimum absolute atomic E-state index is 0.157. The minimum Gasteiger partial charge on any atom is -0.377 e. The molecule has 0 radical (unpaired) electrons. The summed E-state index contributed by atoms with van der Waals surface area (Å²) in [5.41, 5.74) is 2.04. The Morgan fingerprint density at radius 2 is 2.00 bits per heavy atom. The predicted octanol–water partition coefficient (Wildman–Crippen LogP) is 3.20. The zero-order chi connectivity index (χ0) is 15.1. The van der Waals surface area contributed by atoms with Crippen molar-refractivity contribution in [1.29, 1.82) is 0 Å². The number of fused-ring (bicyclic) bond motifs is 3. The van der Waals surface area contributed by atoms with Gasteiger partial charge in [0.15, 0.2) is 5.60 Å². The van der Waals surface area contributed by atoms with Crippen molar-refractivity contribution < 1.29 is 9.59 Å². The number of anilines is 1. The van der Waals surface area contributed by atoms with Crippen LogP contribution in [0.2, 0.25) is 0 Å². The summed E-state index contributed by atoms with van der Waals surface area (Å²) in [7, 11) is 0. The van der Waals surface area contributed by atoms with Crippen LogP contribution in [0.15, 0.2) is 24.3 Å². The number of benzene rings is 1. The van der Waals surface area contributed by atoms with Crippen LogP contribution in [-0.2, 0) is 5.60 Å². The van der Waals surface area contributed by atoms with E-state index in [0.717, 1.165) is 29.4 Å². The van der Waals surface area contributed by atoms with Crippen molar-refractivity contribution in [2.24, 2.45) is 5.41 Å². The standard InChI is InChI=1S/C19H27N2O/c1-2-17-8-5-12-21(14-17)13-11-18(22)15-6-3-4-7-16(15)20-19(18,21)10-9-17/h3-4,6-7,20,22H,2,5,8-14H2,1H3/q+1/t17-,18-,19+,21+/m0/s1. The van der Waals surface area contributed by atoms with Gasteiger partial charge in [0.25, 0.3) is 0 Å². The molecule has 2 N–H and O–H groups in total. The van der Waals surface area contributed by atoms with Crippen LogP contribution >= 0.6 is 0 Å². The van der Waals surface area contributed by atoms with E-state index in [4.69, 9.17) is 0 Å². The van der Waals surface area contributed by atoms with Crippen LogP contribution in [0.5, 0.6) is 0 Å². The van der Waals surface area contributed by atoms with Crippen LogP contribution in [0.4, 0.5) is 5.69 Å². The van der Waals surface area contributed by atoms with E-state index in [1.807, 2.05) is 0 Å². The lowest BCUT2D eigenvalue weighted by Crippen LogP contribution is -2.75. The first-order chi connectivity index (χ1) is 10.6. The maximum absolute atomic E-state index is 11.8. The van der Waals surface area contributed by atoms with Crippen LogP contribution in [0.1, 0.15) is 51.0 Å². The second-order valence-corrected chi connectivity index (χ2v) is 8.35. The van der Waals surface area contributed by atoms with Crippen LogP contribution in [0, 0.1) is 5.41 Å². The molecule has 2 bridgehead atoms. The number of para-hydroxylation sites is 1. The zero-order valence-corrected chi connectivity index (χ0v) is 13.6. The maximum atomic E-state index is 11.8. The molecule has 4 aliphatic heterocycles. The summed E-state index contributed by atoms with van der Waals surface area (Å²) in [5, 5.41) is 15.6. The van der Waals surface area contributed by atoms with Gasteiger partial charge >= 0.3 is 0 Å². The third-order valence-corrected chi connectivity index (χ3v) is 7.81. The number of nitrogens with zero attached hydrogens (tertiary/aromatic N) is 1. The lowest BCUT2D eigenvalue weighted by Gasteiger charge is -2.61. The molecule has 3 heteroatoms. The fourth-order valence-corrected chi connectivity index (χ4v) is 6.62. The number of piperidine rings is 2. The predicted molar refractivity (Wildman–Crippen MR) is 87.4 cm³/mol. The molecule has 0 saturated carbocycles. The van der Waals surface area contributed by atoms with Gasteiger partial charge in [-0.25, -0.2) is 0 Å². The Kier molecular flexibility index (Phi) is 2.36. The second-order valence-electron chi connectivity index (χ2n) is 8.35. The first-order valence-corrected chi connectivity index (χ1v) is 9.05. The number of nitrogens with one attached hydrogen (secondary N) is 1. The molecule has 3 fully saturated rings. The maximum Gasteiger partial charge on any atom is 0.206 e. The second kappa shape index (κ2) is 3.88. The van der Waals surface area contributed by atoms with Gasteiger partial charge in [0, 0.05) is 29.5 Å². The van der Waals surface area contributed by atoms with Gasteiger partial charge in [-0.2, -0.15) is 0 Å². The van der Waals surface area contributed by atoms with Crippen molar-refractivity contribution in [3.05, 3.63) is 29.8 Å². The lowest BCUT2D eigenvalue weighted by molar-refractivity contribution is -0.981. The largest absolute Gasteiger partial charge is 0.377 e. The zero-order valence-electron chi connectivity index (χ0n) is 13.6.